The molecule has 2 saturated heterocycles. The number of aromatic nitrogens is 2. The summed E-state index contributed by atoms with van der Waals surface area (Å²) in [7, 11) is 0. The number of carbonyl (C=O) groups excluding carboxylic acids is 3. The first-order valence-corrected chi connectivity index (χ1v) is 10.2. The molecule has 2 aliphatic heterocycles. The molecule has 3 heterocycles. The van der Waals surface area contributed by atoms with E-state index in [4.69, 9.17) is 5.11 Å². The summed E-state index contributed by atoms with van der Waals surface area (Å²) in [6.45, 7) is 2.50. The SMILES string of the molecule is CC(NC(=O)C1CCCN1C(=O)C(Cc1cnc[nH]1)NC(=O)C1CCCN1)C(=O)O. The van der Waals surface area contributed by atoms with E-state index in [2.05, 4.69) is 25.9 Å². The summed E-state index contributed by atoms with van der Waals surface area (Å²) in [5.74, 6) is -2.26. The zero-order chi connectivity index (χ0) is 21.7. The Kier molecular flexibility index (Phi) is 7.03. The van der Waals surface area contributed by atoms with Gasteiger partial charge in [0.2, 0.25) is 17.7 Å². The molecule has 1 aromatic heterocycles. The summed E-state index contributed by atoms with van der Waals surface area (Å²) in [5.41, 5.74) is 0.688. The minimum absolute atomic E-state index is 0.216. The number of rotatable bonds is 8. The predicted octanol–water partition coefficient (Wildman–Crippen LogP) is -1.23. The first-order valence-electron chi connectivity index (χ1n) is 10.2. The highest BCUT2D eigenvalue weighted by Crippen LogP contribution is 2.20. The molecule has 11 heteroatoms. The molecule has 0 aliphatic carbocycles. The summed E-state index contributed by atoms with van der Waals surface area (Å²) in [4.78, 5) is 57.9. The number of H-pyrrole nitrogens is 1. The second-order valence-corrected chi connectivity index (χ2v) is 7.75. The Morgan fingerprint density at radius 1 is 1.23 bits per heavy atom. The quantitative estimate of drug-likeness (QED) is 0.352. The molecule has 2 aliphatic rings. The lowest BCUT2D eigenvalue weighted by Gasteiger charge is -2.29. The number of carboxylic acids is 1. The number of aliphatic carboxylic acids is 1. The van der Waals surface area contributed by atoms with Gasteiger partial charge < -0.3 is 30.9 Å². The maximum absolute atomic E-state index is 13.3. The summed E-state index contributed by atoms with van der Waals surface area (Å²) in [6.07, 6.45) is 5.97. The second-order valence-electron chi connectivity index (χ2n) is 7.75. The standard InChI is InChI=1S/C19H28N6O5/c1-11(19(29)30)23-17(27)15-5-3-7-25(15)18(28)14(8-12-9-20-10-22-12)24-16(26)13-4-2-6-21-13/h9-11,13-15,21H,2-8H2,1H3,(H,20,22)(H,23,27)(H,24,26)(H,29,30). The number of carbonyl (C=O) groups is 4. The number of hydrogen-bond donors (Lipinski definition) is 5. The Bertz CT molecular complexity index is 776. The summed E-state index contributed by atoms with van der Waals surface area (Å²) in [5, 5.41) is 17.4. The van der Waals surface area contributed by atoms with Crippen LogP contribution in [0.4, 0.5) is 0 Å². The average Bonchev–Trinajstić information content (AvgIpc) is 3.48. The fourth-order valence-corrected chi connectivity index (χ4v) is 3.87. The zero-order valence-electron chi connectivity index (χ0n) is 16.9. The van der Waals surface area contributed by atoms with Crippen molar-refractivity contribution in [2.24, 2.45) is 0 Å². The normalized spacial score (nSPS) is 23.0. The van der Waals surface area contributed by atoms with Gasteiger partial charge in [-0.3, -0.25) is 19.2 Å². The van der Waals surface area contributed by atoms with E-state index in [0.717, 1.165) is 13.0 Å². The molecular weight excluding hydrogens is 392 g/mol. The molecule has 2 fully saturated rings. The Morgan fingerprint density at radius 2 is 2.03 bits per heavy atom. The molecule has 5 N–H and O–H groups in total. The molecule has 4 atom stereocenters. The zero-order valence-corrected chi connectivity index (χ0v) is 16.9. The predicted molar refractivity (Wildman–Crippen MR) is 105 cm³/mol. The molecule has 30 heavy (non-hydrogen) atoms. The molecule has 0 aromatic carbocycles. The fourth-order valence-electron chi connectivity index (χ4n) is 3.87. The number of aromatic amines is 1. The van der Waals surface area contributed by atoms with Crippen LogP contribution < -0.4 is 16.0 Å². The Balaban J connectivity index is 1.72. The van der Waals surface area contributed by atoms with Crippen molar-refractivity contribution in [2.45, 2.75) is 63.2 Å². The summed E-state index contributed by atoms with van der Waals surface area (Å²) < 4.78 is 0. The number of hydrogen-bond acceptors (Lipinski definition) is 6. The van der Waals surface area contributed by atoms with Crippen LogP contribution >= 0.6 is 0 Å². The van der Waals surface area contributed by atoms with Crippen LogP contribution in [-0.2, 0) is 25.6 Å². The first-order chi connectivity index (χ1) is 14.4. The van der Waals surface area contributed by atoms with Gasteiger partial charge in [0.15, 0.2) is 0 Å². The maximum Gasteiger partial charge on any atom is 0.325 e. The molecular formula is C19H28N6O5. The van der Waals surface area contributed by atoms with E-state index in [9.17, 15) is 19.2 Å². The van der Waals surface area contributed by atoms with E-state index >= 15 is 0 Å². The Morgan fingerprint density at radius 3 is 2.67 bits per heavy atom. The van der Waals surface area contributed by atoms with Crippen molar-refractivity contribution in [3.05, 3.63) is 18.2 Å². The molecule has 3 amide bonds. The molecule has 0 spiro atoms. The van der Waals surface area contributed by atoms with Crippen LogP contribution in [0.1, 0.15) is 38.3 Å². The minimum atomic E-state index is -1.15. The van der Waals surface area contributed by atoms with Gasteiger partial charge in [-0.2, -0.15) is 0 Å². The van der Waals surface area contributed by atoms with Crippen molar-refractivity contribution in [3.63, 3.8) is 0 Å². The highest BCUT2D eigenvalue weighted by Gasteiger charge is 2.39. The maximum atomic E-state index is 13.3. The lowest BCUT2D eigenvalue weighted by molar-refractivity contribution is -0.144. The highest BCUT2D eigenvalue weighted by atomic mass is 16.4. The number of amides is 3. The Hall–Kier alpha value is -2.95. The molecule has 164 valence electrons. The first kappa shape index (κ1) is 21.8. The third kappa shape index (κ3) is 5.15. The average molecular weight is 420 g/mol. The van der Waals surface area contributed by atoms with Crippen molar-refractivity contribution in [1.29, 1.82) is 0 Å². The number of likely N-dealkylation sites (tertiary alicyclic amines) is 1. The molecule has 0 bridgehead atoms. The van der Waals surface area contributed by atoms with Crippen molar-refractivity contribution in [2.75, 3.05) is 13.1 Å². The lowest BCUT2D eigenvalue weighted by atomic mass is 10.1. The van der Waals surface area contributed by atoms with E-state index in [0.29, 0.717) is 31.5 Å². The van der Waals surface area contributed by atoms with Crippen molar-refractivity contribution in [3.8, 4) is 0 Å². The van der Waals surface area contributed by atoms with Crippen LogP contribution in [0.5, 0.6) is 0 Å². The van der Waals surface area contributed by atoms with Crippen molar-refractivity contribution < 1.29 is 24.3 Å². The van der Waals surface area contributed by atoms with E-state index in [1.807, 2.05) is 0 Å². The van der Waals surface area contributed by atoms with Gasteiger partial charge in [-0.15, -0.1) is 0 Å². The number of carboxylic acid groups (broad SMARTS) is 1. The largest absolute Gasteiger partial charge is 0.480 e. The molecule has 11 nitrogen and oxygen atoms in total. The van der Waals surface area contributed by atoms with Gasteiger partial charge in [-0.05, 0) is 39.2 Å². The molecule has 0 radical (unpaired) electrons. The van der Waals surface area contributed by atoms with E-state index in [-0.39, 0.29) is 24.3 Å². The molecule has 0 saturated carbocycles. The number of imidazole rings is 1. The highest BCUT2D eigenvalue weighted by molar-refractivity contribution is 5.94. The summed E-state index contributed by atoms with van der Waals surface area (Å²) >= 11 is 0. The molecule has 3 rings (SSSR count). The van der Waals surface area contributed by atoms with E-state index < -0.39 is 30.0 Å². The van der Waals surface area contributed by atoms with Crippen molar-refractivity contribution in [1.82, 2.24) is 30.8 Å². The van der Waals surface area contributed by atoms with E-state index in [1.165, 1.54) is 18.2 Å². The summed E-state index contributed by atoms with van der Waals surface area (Å²) in [6, 6.07) is -3.00. The van der Waals surface area contributed by atoms with Crippen LogP contribution in [0.3, 0.4) is 0 Å². The smallest absolute Gasteiger partial charge is 0.325 e. The molecule has 1 aromatic rings. The Labute approximate surface area is 174 Å². The van der Waals surface area contributed by atoms with Crippen LogP contribution in [0.15, 0.2) is 12.5 Å². The van der Waals surface area contributed by atoms with Gasteiger partial charge in [0.25, 0.3) is 0 Å². The second kappa shape index (κ2) is 9.70. The van der Waals surface area contributed by atoms with Crippen LogP contribution in [0.25, 0.3) is 0 Å². The third-order valence-electron chi connectivity index (χ3n) is 5.54. The van der Waals surface area contributed by atoms with Crippen LogP contribution in [-0.4, -0.2) is 80.9 Å². The van der Waals surface area contributed by atoms with Crippen molar-refractivity contribution >= 4 is 23.7 Å². The molecule has 4 unspecified atom stereocenters. The third-order valence-corrected chi connectivity index (χ3v) is 5.54. The van der Waals surface area contributed by atoms with Crippen LogP contribution in [0.2, 0.25) is 0 Å². The lowest BCUT2D eigenvalue weighted by Crippen LogP contribution is -2.57. The topological polar surface area (TPSA) is 157 Å². The van der Waals surface area contributed by atoms with Gasteiger partial charge in [-0.25, -0.2) is 4.98 Å². The van der Waals surface area contributed by atoms with Gasteiger partial charge in [-0.1, -0.05) is 0 Å². The van der Waals surface area contributed by atoms with Gasteiger partial charge in [0, 0.05) is 24.9 Å². The van der Waals surface area contributed by atoms with Gasteiger partial charge in [0.05, 0.1) is 12.4 Å². The fraction of sp³-hybridized carbons (Fsp3) is 0.632. The van der Waals surface area contributed by atoms with E-state index in [1.54, 1.807) is 6.20 Å². The van der Waals surface area contributed by atoms with Crippen LogP contribution in [0, 0.1) is 0 Å². The minimum Gasteiger partial charge on any atom is -0.480 e. The number of nitrogens with zero attached hydrogens (tertiary/aromatic N) is 2. The van der Waals surface area contributed by atoms with Gasteiger partial charge >= 0.3 is 5.97 Å². The number of nitrogens with one attached hydrogen (secondary N) is 4. The monoisotopic (exact) mass is 420 g/mol. The van der Waals surface area contributed by atoms with Gasteiger partial charge in [0.1, 0.15) is 18.1 Å².